The quantitative estimate of drug-likeness (QED) is 0.753. The van der Waals surface area contributed by atoms with Crippen LogP contribution in [0.15, 0.2) is 43.0 Å². The number of hydrogen-bond acceptors (Lipinski definition) is 6. The second-order valence-electron chi connectivity index (χ2n) is 6.36. The lowest BCUT2D eigenvalue weighted by atomic mass is 9.87. The molecule has 0 atom stereocenters. The van der Waals surface area contributed by atoms with Crippen molar-refractivity contribution < 1.29 is 9.90 Å². The zero-order valence-electron chi connectivity index (χ0n) is 14.4. The highest BCUT2D eigenvalue weighted by atomic mass is 16.4. The van der Waals surface area contributed by atoms with Gasteiger partial charge in [0.25, 0.3) is 0 Å². The third kappa shape index (κ3) is 2.71. The van der Waals surface area contributed by atoms with E-state index in [1.807, 2.05) is 25.3 Å². The van der Waals surface area contributed by atoms with Crippen molar-refractivity contribution in [2.24, 2.45) is 0 Å². The second kappa shape index (κ2) is 6.25. The Morgan fingerprint density at radius 1 is 1.08 bits per heavy atom. The molecule has 4 heterocycles. The summed E-state index contributed by atoms with van der Waals surface area (Å²) in [6.45, 7) is 2.98. The van der Waals surface area contributed by atoms with Gasteiger partial charge in [0.05, 0.1) is 0 Å². The summed E-state index contributed by atoms with van der Waals surface area (Å²) in [4.78, 5) is 23.0. The summed E-state index contributed by atoms with van der Waals surface area (Å²) < 4.78 is 3.25. The fraction of sp³-hybridized carbons (Fsp3) is 0.353. The minimum Gasteiger partial charge on any atom is -0.479 e. The highest BCUT2D eigenvalue weighted by Crippen LogP contribution is 2.32. The largest absolute Gasteiger partial charge is 0.479 e. The van der Waals surface area contributed by atoms with Crippen LogP contribution in [0.2, 0.25) is 0 Å². The van der Waals surface area contributed by atoms with Crippen molar-refractivity contribution in [2.45, 2.75) is 25.3 Å². The summed E-state index contributed by atoms with van der Waals surface area (Å²) >= 11 is 0. The summed E-state index contributed by atoms with van der Waals surface area (Å²) in [6, 6.07) is 5.46. The van der Waals surface area contributed by atoms with E-state index in [4.69, 9.17) is 0 Å². The Kier molecular flexibility index (Phi) is 3.90. The Morgan fingerprint density at radius 3 is 2.38 bits per heavy atom. The molecule has 0 aromatic carbocycles. The summed E-state index contributed by atoms with van der Waals surface area (Å²) in [5.41, 5.74) is -1.01. The summed E-state index contributed by atoms with van der Waals surface area (Å²) in [7, 11) is 0. The number of carboxylic acid groups (broad SMARTS) is 1. The molecule has 1 saturated heterocycles. The van der Waals surface area contributed by atoms with Gasteiger partial charge in [0.1, 0.15) is 11.6 Å². The summed E-state index contributed by atoms with van der Waals surface area (Å²) in [6.07, 6.45) is 7.75. The van der Waals surface area contributed by atoms with E-state index in [1.165, 1.54) is 0 Å². The van der Waals surface area contributed by atoms with Crippen molar-refractivity contribution in [3.8, 4) is 5.82 Å². The zero-order valence-corrected chi connectivity index (χ0v) is 14.4. The van der Waals surface area contributed by atoms with Gasteiger partial charge in [-0.25, -0.2) is 19.4 Å². The Labute approximate surface area is 149 Å². The lowest BCUT2D eigenvalue weighted by Crippen LogP contribution is -2.51. The maximum atomic E-state index is 12.0. The summed E-state index contributed by atoms with van der Waals surface area (Å²) in [5.74, 6) is 1.27. The number of carbonyl (C=O) groups is 1. The number of piperidine rings is 1. The van der Waals surface area contributed by atoms with Crippen LogP contribution in [0.3, 0.4) is 0 Å². The van der Waals surface area contributed by atoms with Crippen LogP contribution in [-0.4, -0.2) is 53.7 Å². The Morgan fingerprint density at radius 2 is 1.77 bits per heavy atom. The Balaban J connectivity index is 1.59. The molecule has 0 amide bonds. The van der Waals surface area contributed by atoms with E-state index in [1.54, 1.807) is 34.0 Å². The number of aryl methyl sites for hydroxylation is 1. The van der Waals surface area contributed by atoms with Crippen molar-refractivity contribution >= 4 is 11.8 Å². The van der Waals surface area contributed by atoms with Crippen LogP contribution in [-0.2, 0) is 10.3 Å². The number of anilines is 1. The molecule has 0 aliphatic carbocycles. The minimum absolute atomic E-state index is 0.449. The monoisotopic (exact) mass is 353 g/mol. The van der Waals surface area contributed by atoms with E-state index >= 15 is 0 Å². The lowest BCUT2D eigenvalue weighted by molar-refractivity contribution is -0.149. The SMILES string of the molecule is Cc1nc(N2CCC(C(=O)O)(n3cccn3)CC2)cc(-n2cccn2)n1. The van der Waals surface area contributed by atoms with Gasteiger partial charge in [0.2, 0.25) is 0 Å². The fourth-order valence-corrected chi connectivity index (χ4v) is 3.39. The first-order chi connectivity index (χ1) is 12.6. The Hall–Kier alpha value is -3.23. The van der Waals surface area contributed by atoms with Gasteiger partial charge in [-0.05, 0) is 19.1 Å². The molecule has 0 bridgehead atoms. The first kappa shape index (κ1) is 16.2. The normalized spacial score (nSPS) is 16.6. The van der Waals surface area contributed by atoms with E-state index in [-0.39, 0.29) is 0 Å². The van der Waals surface area contributed by atoms with Gasteiger partial charge in [-0.2, -0.15) is 10.2 Å². The topological polar surface area (TPSA) is 102 Å². The van der Waals surface area contributed by atoms with Crippen molar-refractivity contribution in [1.29, 1.82) is 0 Å². The number of hydrogen-bond donors (Lipinski definition) is 1. The van der Waals surface area contributed by atoms with Crippen LogP contribution in [0.1, 0.15) is 18.7 Å². The van der Waals surface area contributed by atoms with Crippen LogP contribution in [0, 0.1) is 6.92 Å². The van der Waals surface area contributed by atoms with Crippen LogP contribution < -0.4 is 4.90 Å². The average molecular weight is 353 g/mol. The van der Waals surface area contributed by atoms with Gasteiger partial charge in [-0.15, -0.1) is 0 Å². The Bertz CT molecular complexity index is 897. The van der Waals surface area contributed by atoms with Crippen molar-refractivity contribution in [3.63, 3.8) is 0 Å². The molecule has 9 nitrogen and oxygen atoms in total. The number of aromatic nitrogens is 6. The smallest absolute Gasteiger partial charge is 0.331 e. The maximum absolute atomic E-state index is 12.0. The number of carboxylic acids is 1. The molecule has 9 heteroatoms. The fourth-order valence-electron chi connectivity index (χ4n) is 3.39. The van der Waals surface area contributed by atoms with E-state index in [0.717, 1.165) is 5.82 Å². The number of rotatable bonds is 4. The molecule has 134 valence electrons. The molecule has 1 aliphatic heterocycles. The third-order valence-corrected chi connectivity index (χ3v) is 4.81. The molecular weight excluding hydrogens is 334 g/mol. The molecule has 3 aromatic heterocycles. The van der Waals surface area contributed by atoms with Gasteiger partial charge in [-0.1, -0.05) is 0 Å². The molecule has 1 N–H and O–H groups in total. The van der Waals surface area contributed by atoms with E-state index in [2.05, 4.69) is 25.1 Å². The van der Waals surface area contributed by atoms with Crippen molar-refractivity contribution in [3.05, 3.63) is 48.8 Å². The van der Waals surface area contributed by atoms with E-state index in [9.17, 15) is 9.90 Å². The van der Waals surface area contributed by atoms with Gasteiger partial charge in [0.15, 0.2) is 11.4 Å². The third-order valence-electron chi connectivity index (χ3n) is 4.81. The molecule has 26 heavy (non-hydrogen) atoms. The van der Waals surface area contributed by atoms with Crippen molar-refractivity contribution in [2.75, 3.05) is 18.0 Å². The predicted molar refractivity (Wildman–Crippen MR) is 93.2 cm³/mol. The molecular formula is C17H19N7O2. The molecule has 0 unspecified atom stereocenters. The standard InChI is InChI=1S/C17H19N7O2/c1-13-20-14(12-15(21-13)23-8-2-6-18-23)22-10-4-17(5-11-22,16(25)26)24-9-3-7-19-24/h2-3,6-9,12H,4-5,10-11H2,1H3,(H,25,26). The number of nitrogens with zero attached hydrogens (tertiary/aromatic N) is 7. The molecule has 1 fully saturated rings. The van der Waals surface area contributed by atoms with Crippen molar-refractivity contribution in [1.82, 2.24) is 29.5 Å². The van der Waals surface area contributed by atoms with Crippen LogP contribution >= 0.6 is 0 Å². The van der Waals surface area contributed by atoms with Gasteiger partial charge < -0.3 is 10.0 Å². The molecule has 0 spiro atoms. The molecule has 0 radical (unpaired) electrons. The van der Waals surface area contributed by atoms with Crippen LogP contribution in [0.25, 0.3) is 5.82 Å². The predicted octanol–water partition coefficient (Wildman–Crippen LogP) is 1.25. The first-order valence-corrected chi connectivity index (χ1v) is 8.43. The lowest BCUT2D eigenvalue weighted by Gasteiger charge is -2.39. The highest BCUT2D eigenvalue weighted by molar-refractivity contribution is 5.77. The highest BCUT2D eigenvalue weighted by Gasteiger charge is 2.44. The summed E-state index contributed by atoms with van der Waals surface area (Å²) in [5, 5.41) is 18.2. The first-order valence-electron chi connectivity index (χ1n) is 8.43. The van der Waals surface area contributed by atoms with Gasteiger partial charge in [0, 0.05) is 56.8 Å². The zero-order chi connectivity index (χ0) is 18.1. The van der Waals surface area contributed by atoms with Gasteiger partial charge in [-0.3, -0.25) is 4.68 Å². The van der Waals surface area contributed by atoms with Gasteiger partial charge >= 0.3 is 5.97 Å². The maximum Gasteiger partial charge on any atom is 0.331 e. The minimum atomic E-state index is -1.01. The average Bonchev–Trinajstić information content (AvgIpc) is 3.35. The van der Waals surface area contributed by atoms with Crippen LogP contribution in [0.4, 0.5) is 5.82 Å². The molecule has 1 aliphatic rings. The molecule has 3 aromatic rings. The molecule has 4 rings (SSSR count). The van der Waals surface area contributed by atoms with E-state index < -0.39 is 11.5 Å². The van der Waals surface area contributed by atoms with Crippen LogP contribution in [0.5, 0.6) is 0 Å². The number of aliphatic carboxylic acids is 1. The molecule has 0 saturated carbocycles. The van der Waals surface area contributed by atoms with E-state index in [0.29, 0.717) is 37.6 Å². The second-order valence-corrected chi connectivity index (χ2v) is 6.36.